The number of imidazole rings is 2. The standard InChI is InChI=1S/C40H50N8O7/c1-23(2)33(45-39(52)54-6)37(50)47-20-25(5)16-31(47)35-41-18-29(43-35)14-12-26-8-10-27(11-9-26)13-15-30-19-42-36(44-30)32-17-28(22-49)21-48(32)38(51)34(24(3)4)46-40(53)55-7/h8-11,18-19,23-25,28,31-34,49H,16-17,20-22H2,1-7H3,(H,41,43)(H,42,44)(H,45,52)(H,46,53)/t25-,28-,31-,32?,33-,34-/m0/s1. The number of rotatable bonds is 9. The number of H-pyrrole nitrogens is 2. The highest BCUT2D eigenvalue weighted by Gasteiger charge is 2.42. The molecule has 15 heteroatoms. The molecule has 1 unspecified atom stereocenters. The normalized spacial score (nSPS) is 20.3. The second-order valence-corrected chi connectivity index (χ2v) is 14.8. The van der Waals surface area contributed by atoms with E-state index < -0.39 is 30.3 Å². The molecule has 0 radical (unpaired) electrons. The first-order valence-electron chi connectivity index (χ1n) is 18.5. The summed E-state index contributed by atoms with van der Waals surface area (Å²) < 4.78 is 9.46. The molecule has 0 aliphatic carbocycles. The van der Waals surface area contributed by atoms with Crippen LogP contribution in [0.2, 0.25) is 0 Å². The van der Waals surface area contributed by atoms with Gasteiger partial charge < -0.3 is 45.0 Å². The fourth-order valence-corrected chi connectivity index (χ4v) is 6.92. The van der Waals surface area contributed by atoms with Gasteiger partial charge in [0.1, 0.15) is 35.1 Å². The number of aromatic amines is 2. The molecule has 2 aliphatic rings. The van der Waals surface area contributed by atoms with E-state index in [1.807, 2.05) is 52.0 Å². The number of nitrogens with zero attached hydrogens (tertiary/aromatic N) is 4. The third-order valence-electron chi connectivity index (χ3n) is 9.90. The maximum absolute atomic E-state index is 13.6. The van der Waals surface area contributed by atoms with Crippen molar-refractivity contribution in [1.82, 2.24) is 40.4 Å². The van der Waals surface area contributed by atoms with E-state index in [1.165, 1.54) is 14.2 Å². The van der Waals surface area contributed by atoms with Gasteiger partial charge in [-0.05, 0) is 66.7 Å². The van der Waals surface area contributed by atoms with Gasteiger partial charge in [0, 0.05) is 36.7 Å². The Bertz CT molecular complexity index is 1960. The molecule has 55 heavy (non-hydrogen) atoms. The summed E-state index contributed by atoms with van der Waals surface area (Å²) in [6.45, 7) is 10.3. The number of methoxy groups -OCH3 is 2. The predicted molar refractivity (Wildman–Crippen MR) is 202 cm³/mol. The van der Waals surface area contributed by atoms with E-state index in [1.54, 1.807) is 22.2 Å². The summed E-state index contributed by atoms with van der Waals surface area (Å²) >= 11 is 0. The van der Waals surface area contributed by atoms with Crippen LogP contribution in [0, 0.1) is 47.4 Å². The molecule has 15 nitrogen and oxygen atoms in total. The molecule has 2 saturated heterocycles. The number of aromatic nitrogens is 4. The monoisotopic (exact) mass is 754 g/mol. The van der Waals surface area contributed by atoms with Crippen LogP contribution >= 0.6 is 0 Å². The van der Waals surface area contributed by atoms with Gasteiger partial charge in [-0.15, -0.1) is 0 Å². The number of benzene rings is 1. The highest BCUT2D eigenvalue weighted by Crippen LogP contribution is 2.36. The zero-order chi connectivity index (χ0) is 39.8. The summed E-state index contributed by atoms with van der Waals surface area (Å²) in [4.78, 5) is 70.1. The fourth-order valence-electron chi connectivity index (χ4n) is 6.92. The van der Waals surface area contributed by atoms with Gasteiger partial charge in [-0.1, -0.05) is 46.5 Å². The molecule has 0 spiro atoms. The lowest BCUT2D eigenvalue weighted by molar-refractivity contribution is -0.136. The van der Waals surface area contributed by atoms with Crippen molar-refractivity contribution in [3.05, 3.63) is 70.8 Å². The Morgan fingerprint density at radius 3 is 1.62 bits per heavy atom. The molecule has 5 N–H and O–H groups in total. The Morgan fingerprint density at radius 1 is 0.764 bits per heavy atom. The lowest BCUT2D eigenvalue weighted by atomic mass is 10.0. The van der Waals surface area contributed by atoms with Gasteiger partial charge in [0.05, 0.1) is 38.7 Å². The average Bonchev–Trinajstić information content (AvgIpc) is 4.00. The Balaban J connectivity index is 1.24. The highest BCUT2D eigenvalue weighted by molar-refractivity contribution is 5.87. The van der Waals surface area contributed by atoms with Gasteiger partial charge in [0.25, 0.3) is 0 Å². The molecular weight excluding hydrogens is 704 g/mol. The van der Waals surface area contributed by atoms with Crippen molar-refractivity contribution < 1.29 is 33.8 Å². The first-order valence-corrected chi connectivity index (χ1v) is 18.5. The van der Waals surface area contributed by atoms with Crippen LogP contribution in [0.5, 0.6) is 0 Å². The van der Waals surface area contributed by atoms with E-state index in [9.17, 15) is 24.3 Å². The van der Waals surface area contributed by atoms with Crippen molar-refractivity contribution in [1.29, 1.82) is 0 Å². The topological polar surface area (TPSA) is 195 Å². The second-order valence-electron chi connectivity index (χ2n) is 14.8. The van der Waals surface area contributed by atoms with E-state index in [4.69, 9.17) is 9.47 Å². The first-order chi connectivity index (χ1) is 26.3. The third kappa shape index (κ3) is 9.85. The first kappa shape index (κ1) is 40.4. The van der Waals surface area contributed by atoms with E-state index >= 15 is 0 Å². The highest BCUT2D eigenvalue weighted by atomic mass is 16.5. The zero-order valence-corrected chi connectivity index (χ0v) is 32.3. The molecule has 2 aliphatic heterocycles. The number of amides is 4. The van der Waals surface area contributed by atoms with Crippen molar-refractivity contribution in [2.45, 2.75) is 71.6 Å². The van der Waals surface area contributed by atoms with E-state index in [2.05, 4.69) is 61.2 Å². The second kappa shape index (κ2) is 18.0. The molecule has 6 atom stereocenters. The number of aliphatic hydroxyl groups excluding tert-OH is 1. The Labute approximate surface area is 321 Å². The number of ether oxygens (including phenoxy) is 2. The van der Waals surface area contributed by atoms with Crippen molar-refractivity contribution in [2.24, 2.45) is 23.7 Å². The molecule has 2 fully saturated rings. The van der Waals surface area contributed by atoms with Crippen LogP contribution in [-0.4, -0.2) is 105 Å². The van der Waals surface area contributed by atoms with Gasteiger partial charge in [-0.25, -0.2) is 19.6 Å². The van der Waals surface area contributed by atoms with Crippen molar-refractivity contribution in [3.8, 4) is 23.7 Å². The van der Waals surface area contributed by atoms with Crippen molar-refractivity contribution in [3.63, 3.8) is 0 Å². The smallest absolute Gasteiger partial charge is 0.407 e. The minimum Gasteiger partial charge on any atom is -0.453 e. The fraction of sp³-hybridized carbons (Fsp3) is 0.500. The van der Waals surface area contributed by atoms with Crippen molar-refractivity contribution in [2.75, 3.05) is 33.9 Å². The SMILES string of the molecule is COC(=O)N[C@H](C(=O)N1C[C@@H](CO)CC1c1ncc(C#Cc2ccc(C#Cc3cnc([C@@H]4C[C@H](C)CN4C(=O)[C@@H](NC(=O)OC)C(C)C)[nH]3)cc2)[nH]1)C(C)C. The van der Waals surface area contributed by atoms with Crippen LogP contribution < -0.4 is 10.6 Å². The number of aliphatic hydroxyl groups is 1. The summed E-state index contributed by atoms with van der Waals surface area (Å²) in [6.07, 6.45) is 3.19. The summed E-state index contributed by atoms with van der Waals surface area (Å²) in [7, 11) is 2.52. The Kier molecular flexibility index (Phi) is 13.2. The predicted octanol–water partition coefficient (Wildman–Crippen LogP) is 3.49. The van der Waals surface area contributed by atoms with Crippen molar-refractivity contribution >= 4 is 24.0 Å². The molecule has 3 aromatic rings. The molecule has 4 amide bonds. The molecular formula is C40H50N8O7. The summed E-state index contributed by atoms with van der Waals surface area (Å²) in [6, 6.07) is 5.28. The molecule has 0 bridgehead atoms. The molecule has 1 aromatic carbocycles. The zero-order valence-electron chi connectivity index (χ0n) is 32.3. The molecule has 292 valence electrons. The van der Waals surface area contributed by atoms with Crippen LogP contribution in [-0.2, 0) is 19.1 Å². The number of likely N-dealkylation sites (tertiary alicyclic amines) is 2. The average molecular weight is 755 g/mol. The number of nitrogens with one attached hydrogen (secondary N) is 4. The van der Waals surface area contributed by atoms with Gasteiger partial charge >= 0.3 is 12.2 Å². The number of alkyl carbamates (subject to hydrolysis) is 2. The number of carbonyl (C=O) groups excluding carboxylic acids is 4. The van der Waals surface area contributed by atoms with Crippen LogP contribution in [0.15, 0.2) is 36.7 Å². The Morgan fingerprint density at radius 2 is 1.20 bits per heavy atom. The summed E-state index contributed by atoms with van der Waals surface area (Å²) in [5, 5.41) is 15.2. The summed E-state index contributed by atoms with van der Waals surface area (Å²) in [5.41, 5.74) is 2.72. The van der Waals surface area contributed by atoms with Gasteiger partial charge in [0.15, 0.2) is 0 Å². The van der Waals surface area contributed by atoms with Crippen LogP contribution in [0.3, 0.4) is 0 Å². The Hall–Kier alpha value is -5.80. The van der Waals surface area contributed by atoms with Crippen LogP contribution in [0.1, 0.15) is 93.7 Å². The number of carbonyl (C=O) groups is 4. The largest absolute Gasteiger partial charge is 0.453 e. The minimum absolute atomic E-state index is 0.0771. The minimum atomic E-state index is -0.794. The van der Waals surface area contributed by atoms with Crippen LogP contribution in [0.25, 0.3) is 0 Å². The number of hydrogen-bond acceptors (Lipinski definition) is 9. The lowest BCUT2D eigenvalue weighted by Crippen LogP contribution is -2.51. The summed E-state index contributed by atoms with van der Waals surface area (Å²) in [5.74, 6) is 13.1. The van der Waals surface area contributed by atoms with E-state index in [-0.39, 0.29) is 48.1 Å². The third-order valence-corrected chi connectivity index (χ3v) is 9.90. The van der Waals surface area contributed by atoms with E-state index in [0.29, 0.717) is 42.5 Å². The molecule has 2 aromatic heterocycles. The molecule has 0 saturated carbocycles. The quantitative estimate of drug-likeness (QED) is 0.203. The lowest BCUT2D eigenvalue weighted by Gasteiger charge is -2.30. The van der Waals surface area contributed by atoms with Gasteiger partial charge in [-0.3, -0.25) is 9.59 Å². The van der Waals surface area contributed by atoms with Crippen LogP contribution in [0.4, 0.5) is 9.59 Å². The van der Waals surface area contributed by atoms with Gasteiger partial charge in [-0.2, -0.15) is 0 Å². The molecule has 5 rings (SSSR count). The maximum atomic E-state index is 13.6. The van der Waals surface area contributed by atoms with Gasteiger partial charge in [0.2, 0.25) is 11.8 Å². The molecule has 4 heterocycles. The van der Waals surface area contributed by atoms with E-state index in [0.717, 1.165) is 17.5 Å². The number of hydrogen-bond donors (Lipinski definition) is 5. The maximum Gasteiger partial charge on any atom is 0.407 e.